The van der Waals surface area contributed by atoms with E-state index in [1.165, 1.54) is 5.56 Å². The summed E-state index contributed by atoms with van der Waals surface area (Å²) in [5, 5.41) is 0. The highest BCUT2D eigenvalue weighted by atomic mass is 79.9. The highest BCUT2D eigenvalue weighted by Gasteiger charge is 2.00. The van der Waals surface area contributed by atoms with Gasteiger partial charge in [0.05, 0.1) is 0 Å². The fourth-order valence-corrected chi connectivity index (χ4v) is 1.30. The van der Waals surface area contributed by atoms with Gasteiger partial charge in [-0.15, -0.1) is 0 Å². The molecule has 1 rings (SSSR count). The van der Waals surface area contributed by atoms with Crippen molar-refractivity contribution in [3.63, 3.8) is 0 Å². The Hall–Kier alpha value is -0.500. The Balaban J connectivity index is 0.000000671. The molecule has 0 atom stereocenters. The molecule has 0 radical (unpaired) electrons. The zero-order chi connectivity index (χ0) is 10.4. The third kappa shape index (κ3) is 3.81. The number of halogens is 1. The maximum atomic E-state index is 5.64. The van der Waals surface area contributed by atoms with Crippen molar-refractivity contribution in [2.75, 3.05) is 5.73 Å². The first kappa shape index (κ1) is 12.5. The van der Waals surface area contributed by atoms with Crippen LogP contribution in [0.3, 0.4) is 0 Å². The molecule has 0 aliphatic heterocycles. The Morgan fingerprint density at radius 2 is 1.77 bits per heavy atom. The molecule has 74 valence electrons. The molecule has 1 nitrogen and oxygen atoms in total. The van der Waals surface area contributed by atoms with Crippen LogP contribution in [0.2, 0.25) is 0 Å². The van der Waals surface area contributed by atoms with Crippen molar-refractivity contribution in [3.05, 3.63) is 28.2 Å². The number of nitrogens with two attached hydrogens (primary N) is 1. The summed E-state index contributed by atoms with van der Waals surface area (Å²) in [4.78, 5) is 0. The van der Waals surface area contributed by atoms with Crippen LogP contribution in [0.15, 0.2) is 22.7 Å². The van der Waals surface area contributed by atoms with E-state index in [0.717, 1.165) is 10.2 Å². The molecule has 0 aliphatic rings. The second-order valence-electron chi connectivity index (χ2n) is 2.94. The van der Waals surface area contributed by atoms with Crippen LogP contribution in [-0.2, 0) is 0 Å². The summed E-state index contributed by atoms with van der Waals surface area (Å²) in [5.41, 5.74) is 7.75. The van der Waals surface area contributed by atoms with E-state index in [0.29, 0.717) is 5.92 Å². The van der Waals surface area contributed by atoms with Crippen molar-refractivity contribution < 1.29 is 0 Å². The fraction of sp³-hybridized carbons (Fsp3) is 0.455. The molecule has 1 aromatic rings. The maximum Gasteiger partial charge on any atom is 0.0458 e. The largest absolute Gasteiger partial charge is 0.398 e. The molecule has 1 aromatic carbocycles. The van der Waals surface area contributed by atoms with Gasteiger partial charge in [-0.3, -0.25) is 0 Å². The van der Waals surface area contributed by atoms with Gasteiger partial charge in [0, 0.05) is 10.2 Å². The SMILES string of the molecule is CC.CC(C)c1ccc(N)c(Br)c1. The summed E-state index contributed by atoms with van der Waals surface area (Å²) in [6, 6.07) is 6.06. The van der Waals surface area contributed by atoms with Gasteiger partial charge >= 0.3 is 0 Å². The normalized spacial score (nSPS) is 9.38. The molecule has 0 spiro atoms. The lowest BCUT2D eigenvalue weighted by Crippen LogP contribution is -1.90. The second-order valence-corrected chi connectivity index (χ2v) is 3.79. The van der Waals surface area contributed by atoms with Crippen LogP contribution >= 0.6 is 15.9 Å². The second kappa shape index (κ2) is 6.03. The standard InChI is InChI=1S/C9H12BrN.C2H6/c1-6(2)7-3-4-9(11)8(10)5-7;1-2/h3-6H,11H2,1-2H3;1-2H3. The van der Waals surface area contributed by atoms with Gasteiger partial charge in [0.25, 0.3) is 0 Å². The number of hydrogen-bond donors (Lipinski definition) is 1. The van der Waals surface area contributed by atoms with Gasteiger partial charge in [0.1, 0.15) is 0 Å². The van der Waals surface area contributed by atoms with Crippen molar-refractivity contribution in [1.29, 1.82) is 0 Å². The van der Waals surface area contributed by atoms with E-state index >= 15 is 0 Å². The highest BCUT2D eigenvalue weighted by Crippen LogP contribution is 2.24. The van der Waals surface area contributed by atoms with Crippen LogP contribution in [0.1, 0.15) is 39.2 Å². The summed E-state index contributed by atoms with van der Waals surface area (Å²) in [6.07, 6.45) is 0. The predicted octanol–water partition coefficient (Wildman–Crippen LogP) is 4.18. The summed E-state index contributed by atoms with van der Waals surface area (Å²) >= 11 is 3.39. The molecular weight excluding hydrogens is 226 g/mol. The van der Waals surface area contributed by atoms with Crippen molar-refractivity contribution in [2.45, 2.75) is 33.6 Å². The molecule has 0 aromatic heterocycles. The molecule has 0 saturated carbocycles. The number of nitrogen functional groups attached to an aromatic ring is 1. The van der Waals surface area contributed by atoms with Crippen LogP contribution in [0, 0.1) is 0 Å². The van der Waals surface area contributed by atoms with Crippen molar-refractivity contribution in [3.8, 4) is 0 Å². The Labute approximate surface area is 89.5 Å². The van der Waals surface area contributed by atoms with Crippen LogP contribution in [0.25, 0.3) is 0 Å². The predicted molar refractivity (Wildman–Crippen MR) is 64.0 cm³/mol. The number of anilines is 1. The van der Waals surface area contributed by atoms with Gasteiger partial charge in [-0.05, 0) is 39.5 Å². The molecule has 0 fully saturated rings. The first-order valence-corrected chi connectivity index (χ1v) is 5.45. The lowest BCUT2D eigenvalue weighted by Gasteiger charge is -2.06. The average molecular weight is 244 g/mol. The molecule has 0 unspecified atom stereocenters. The first-order chi connectivity index (χ1) is 6.11. The molecule has 0 saturated heterocycles. The van der Waals surface area contributed by atoms with E-state index in [1.54, 1.807) is 0 Å². The molecule has 0 heterocycles. The topological polar surface area (TPSA) is 26.0 Å². The van der Waals surface area contributed by atoms with E-state index in [9.17, 15) is 0 Å². The van der Waals surface area contributed by atoms with E-state index in [2.05, 4.69) is 41.9 Å². The maximum absolute atomic E-state index is 5.64. The summed E-state index contributed by atoms with van der Waals surface area (Å²) in [5.74, 6) is 0.562. The minimum absolute atomic E-state index is 0.562. The zero-order valence-corrected chi connectivity index (χ0v) is 10.4. The van der Waals surface area contributed by atoms with E-state index in [1.807, 2.05) is 19.9 Å². The molecule has 2 heteroatoms. The number of benzene rings is 1. The Bertz CT molecular complexity index is 256. The van der Waals surface area contributed by atoms with E-state index < -0.39 is 0 Å². The fourth-order valence-electron chi connectivity index (χ4n) is 0.903. The Morgan fingerprint density at radius 1 is 1.23 bits per heavy atom. The summed E-state index contributed by atoms with van der Waals surface area (Å²) < 4.78 is 0.990. The Kier molecular flexibility index (Phi) is 5.80. The van der Waals surface area contributed by atoms with Gasteiger partial charge < -0.3 is 5.73 Å². The van der Waals surface area contributed by atoms with Crippen molar-refractivity contribution in [2.24, 2.45) is 0 Å². The lowest BCUT2D eigenvalue weighted by atomic mass is 10.0. The molecular formula is C11H18BrN. The van der Waals surface area contributed by atoms with Crippen molar-refractivity contribution in [1.82, 2.24) is 0 Å². The average Bonchev–Trinajstić information content (AvgIpc) is 2.13. The lowest BCUT2D eigenvalue weighted by molar-refractivity contribution is 0.866. The monoisotopic (exact) mass is 243 g/mol. The van der Waals surface area contributed by atoms with Crippen molar-refractivity contribution >= 4 is 21.6 Å². The van der Waals surface area contributed by atoms with Gasteiger partial charge in [-0.2, -0.15) is 0 Å². The van der Waals surface area contributed by atoms with Gasteiger partial charge in [-0.1, -0.05) is 33.8 Å². The minimum atomic E-state index is 0.562. The third-order valence-electron chi connectivity index (χ3n) is 1.69. The molecule has 13 heavy (non-hydrogen) atoms. The van der Waals surface area contributed by atoms with Crippen LogP contribution in [0.4, 0.5) is 5.69 Å². The zero-order valence-electron chi connectivity index (χ0n) is 8.76. The van der Waals surface area contributed by atoms with Gasteiger partial charge in [-0.25, -0.2) is 0 Å². The Morgan fingerprint density at radius 3 is 2.15 bits per heavy atom. The number of rotatable bonds is 1. The molecule has 2 N–H and O–H groups in total. The number of hydrogen-bond acceptors (Lipinski definition) is 1. The smallest absolute Gasteiger partial charge is 0.0458 e. The third-order valence-corrected chi connectivity index (χ3v) is 2.38. The molecule has 0 amide bonds. The van der Waals surface area contributed by atoms with Crippen LogP contribution in [0.5, 0.6) is 0 Å². The minimum Gasteiger partial charge on any atom is -0.398 e. The van der Waals surface area contributed by atoms with E-state index in [4.69, 9.17) is 5.73 Å². The van der Waals surface area contributed by atoms with Gasteiger partial charge in [0.2, 0.25) is 0 Å². The first-order valence-electron chi connectivity index (χ1n) is 4.66. The van der Waals surface area contributed by atoms with Crippen LogP contribution in [-0.4, -0.2) is 0 Å². The van der Waals surface area contributed by atoms with E-state index in [-0.39, 0.29) is 0 Å². The summed E-state index contributed by atoms with van der Waals surface area (Å²) in [6.45, 7) is 8.33. The van der Waals surface area contributed by atoms with Gasteiger partial charge in [0.15, 0.2) is 0 Å². The summed E-state index contributed by atoms with van der Waals surface area (Å²) in [7, 11) is 0. The van der Waals surface area contributed by atoms with Crippen LogP contribution < -0.4 is 5.73 Å². The molecule has 0 bridgehead atoms. The quantitative estimate of drug-likeness (QED) is 0.737. The highest BCUT2D eigenvalue weighted by molar-refractivity contribution is 9.10. The molecule has 0 aliphatic carbocycles.